The number of Topliss-reactive ketones (excluding diaryl/α,β-unsaturated/α-hetero) is 1. The van der Waals surface area contributed by atoms with Crippen LogP contribution in [0.5, 0.6) is 5.75 Å². The number of ketones is 1. The van der Waals surface area contributed by atoms with Gasteiger partial charge in [0.15, 0.2) is 29.8 Å². The van der Waals surface area contributed by atoms with E-state index in [1.807, 2.05) is 31.2 Å². The number of nitrogens with zero attached hydrogens (tertiary/aromatic N) is 3. The van der Waals surface area contributed by atoms with Gasteiger partial charge in [-0.2, -0.15) is 9.65 Å². The van der Waals surface area contributed by atoms with Crippen LogP contribution in [0.15, 0.2) is 58.8 Å². The van der Waals surface area contributed by atoms with Crippen LogP contribution in [0.25, 0.3) is 5.57 Å². The number of carbonyl (C=O) groups is 1. The third-order valence-corrected chi connectivity index (χ3v) is 9.24. The van der Waals surface area contributed by atoms with Gasteiger partial charge in [0.25, 0.3) is 0 Å². The van der Waals surface area contributed by atoms with E-state index in [1.165, 1.54) is 37.8 Å². The van der Waals surface area contributed by atoms with Crippen molar-refractivity contribution >= 4 is 28.6 Å². The number of nitriles is 1. The van der Waals surface area contributed by atoms with Crippen molar-refractivity contribution in [2.24, 2.45) is 33.5 Å². The molecule has 2 heterocycles. The summed E-state index contributed by atoms with van der Waals surface area (Å²) in [5.41, 5.74) is 9.54. The van der Waals surface area contributed by atoms with Gasteiger partial charge in [-0.3, -0.25) is 9.79 Å². The monoisotopic (exact) mass is 613 g/mol. The van der Waals surface area contributed by atoms with Gasteiger partial charge < -0.3 is 15.8 Å². The summed E-state index contributed by atoms with van der Waals surface area (Å²) < 4.78 is 35.0. The Balaban J connectivity index is 1.27. The highest BCUT2D eigenvalue weighted by molar-refractivity contribution is 6.48. The lowest BCUT2D eigenvalue weighted by atomic mass is 9.78. The van der Waals surface area contributed by atoms with Crippen LogP contribution in [0.4, 0.5) is 14.5 Å². The molecule has 2 aromatic rings. The maximum Gasteiger partial charge on any atom is 0.201 e. The smallest absolute Gasteiger partial charge is 0.201 e. The van der Waals surface area contributed by atoms with Gasteiger partial charge in [0.1, 0.15) is 6.07 Å². The topological polar surface area (TPSA) is 113 Å². The number of allylic oxidation sites excluding steroid dienone is 2. The number of aryl methyl sites for hydroxylation is 1. The predicted molar refractivity (Wildman–Crippen MR) is 174 cm³/mol. The lowest BCUT2D eigenvalue weighted by Crippen LogP contribution is -2.29. The molecule has 0 amide bonds. The molecule has 236 valence electrons. The summed E-state index contributed by atoms with van der Waals surface area (Å²) >= 11 is 0. The molecule has 3 aliphatic rings. The SMILES string of the molecule is CCc1cc(NC2=N/C=C\CCC3C(c4ccc(OCC#N)c(F)c4F)=CN=C23)ccc1C(=O)CCC1CCC(CCN)CC1. The Bertz CT molecular complexity index is 1560. The minimum absolute atomic E-state index is 0.101. The largest absolute Gasteiger partial charge is 0.476 e. The quantitative estimate of drug-likeness (QED) is 0.251. The van der Waals surface area contributed by atoms with Crippen LogP contribution in [-0.2, 0) is 6.42 Å². The number of amidine groups is 1. The molecule has 1 atom stereocenters. The van der Waals surface area contributed by atoms with Crippen molar-refractivity contribution in [3.8, 4) is 11.8 Å². The van der Waals surface area contributed by atoms with Crippen LogP contribution in [0.2, 0.25) is 0 Å². The highest BCUT2D eigenvalue weighted by Crippen LogP contribution is 2.38. The van der Waals surface area contributed by atoms with Crippen LogP contribution in [0.3, 0.4) is 0 Å². The zero-order valence-corrected chi connectivity index (χ0v) is 25.8. The number of halogens is 2. The number of hydrogen-bond donors (Lipinski definition) is 2. The average Bonchev–Trinajstić information content (AvgIpc) is 3.45. The fourth-order valence-electron chi connectivity index (χ4n) is 6.73. The molecule has 1 unspecified atom stereocenters. The van der Waals surface area contributed by atoms with Crippen molar-refractivity contribution in [3.05, 3.63) is 77.1 Å². The maximum atomic E-state index is 15.2. The molecule has 0 spiro atoms. The summed E-state index contributed by atoms with van der Waals surface area (Å²) in [4.78, 5) is 22.5. The highest BCUT2D eigenvalue weighted by Gasteiger charge is 2.32. The van der Waals surface area contributed by atoms with E-state index < -0.39 is 11.6 Å². The number of nitrogens with one attached hydrogen (secondary N) is 1. The summed E-state index contributed by atoms with van der Waals surface area (Å²) in [6.45, 7) is 2.42. The Morgan fingerprint density at radius 2 is 1.84 bits per heavy atom. The second-order valence-corrected chi connectivity index (χ2v) is 12.1. The van der Waals surface area contributed by atoms with Crippen LogP contribution in [0, 0.1) is 40.7 Å². The van der Waals surface area contributed by atoms with E-state index in [0.717, 1.165) is 42.1 Å². The molecule has 45 heavy (non-hydrogen) atoms. The van der Waals surface area contributed by atoms with E-state index in [2.05, 4.69) is 15.3 Å². The first kappa shape index (κ1) is 32.2. The van der Waals surface area contributed by atoms with E-state index in [-0.39, 0.29) is 29.6 Å². The second kappa shape index (κ2) is 15.2. The lowest BCUT2D eigenvalue weighted by Gasteiger charge is -2.28. The molecule has 0 bridgehead atoms. The summed E-state index contributed by atoms with van der Waals surface area (Å²) in [5.74, 6) is -0.733. The van der Waals surface area contributed by atoms with Crippen molar-refractivity contribution in [1.29, 1.82) is 5.26 Å². The van der Waals surface area contributed by atoms with Crippen molar-refractivity contribution in [3.63, 3.8) is 0 Å². The van der Waals surface area contributed by atoms with Crippen LogP contribution in [-0.4, -0.2) is 30.5 Å². The molecule has 3 N–H and O–H groups in total. The molecule has 5 rings (SSSR count). The first-order valence-electron chi connectivity index (χ1n) is 16.1. The first-order valence-corrected chi connectivity index (χ1v) is 16.1. The predicted octanol–water partition coefficient (Wildman–Crippen LogP) is 7.78. The summed E-state index contributed by atoms with van der Waals surface area (Å²) in [7, 11) is 0. The minimum Gasteiger partial charge on any atom is -0.476 e. The average molecular weight is 614 g/mol. The summed E-state index contributed by atoms with van der Waals surface area (Å²) in [5, 5.41) is 12.1. The van der Waals surface area contributed by atoms with E-state index in [1.54, 1.807) is 18.5 Å². The number of anilines is 1. The molecule has 2 aliphatic heterocycles. The van der Waals surface area contributed by atoms with Gasteiger partial charge in [0.05, 0.1) is 5.71 Å². The number of nitrogens with two attached hydrogens (primary N) is 1. The molecule has 0 aromatic heterocycles. The fraction of sp³-hybridized carbons (Fsp3) is 0.444. The summed E-state index contributed by atoms with van der Waals surface area (Å²) in [6, 6.07) is 10.3. The van der Waals surface area contributed by atoms with E-state index >= 15 is 4.39 Å². The maximum absolute atomic E-state index is 15.2. The van der Waals surface area contributed by atoms with Gasteiger partial charge in [-0.15, -0.1) is 0 Å². The first-order chi connectivity index (χ1) is 21.9. The lowest BCUT2D eigenvalue weighted by molar-refractivity contribution is 0.0967. The molecular formula is C36H41F2N5O2. The summed E-state index contributed by atoms with van der Waals surface area (Å²) in [6.07, 6.45) is 14.7. The van der Waals surface area contributed by atoms with Crippen molar-refractivity contribution in [2.45, 2.75) is 71.1 Å². The molecule has 0 saturated heterocycles. The Morgan fingerprint density at radius 3 is 2.58 bits per heavy atom. The van der Waals surface area contributed by atoms with Crippen molar-refractivity contribution < 1.29 is 18.3 Å². The number of aliphatic imine (C=N–C) groups is 2. The van der Waals surface area contributed by atoms with Gasteiger partial charge in [-0.25, -0.2) is 9.38 Å². The van der Waals surface area contributed by atoms with E-state index in [0.29, 0.717) is 48.7 Å². The Morgan fingerprint density at radius 1 is 1.07 bits per heavy atom. The molecule has 0 radical (unpaired) electrons. The third-order valence-electron chi connectivity index (χ3n) is 9.24. The number of ether oxygens (including phenoxy) is 1. The molecule has 2 aromatic carbocycles. The second-order valence-electron chi connectivity index (χ2n) is 12.1. The normalized spacial score (nSPS) is 21.8. The van der Waals surface area contributed by atoms with Gasteiger partial charge in [-0.05, 0) is 92.0 Å². The fourth-order valence-corrected chi connectivity index (χ4v) is 6.73. The van der Waals surface area contributed by atoms with Gasteiger partial charge in [-0.1, -0.05) is 38.7 Å². The zero-order valence-electron chi connectivity index (χ0n) is 25.8. The standard InChI is InChI=1S/C36H41F2N5O2/c1-2-25-21-26(11-12-27(25)31(44)14-10-23-6-8-24(9-7-23)16-17-39)43-36-35-29(5-3-4-19-41-36)30(22-42-35)28-13-15-32(45-20-18-40)34(38)33(28)37/h4,11-13,15,19,21-24,29H,2-3,5-10,14,16-17,20,39H2,1H3,(H,41,43)/b19-4-. The Labute approximate surface area is 264 Å². The van der Waals surface area contributed by atoms with Crippen molar-refractivity contribution in [1.82, 2.24) is 0 Å². The van der Waals surface area contributed by atoms with Gasteiger partial charge >= 0.3 is 0 Å². The van der Waals surface area contributed by atoms with Crippen LogP contribution < -0.4 is 15.8 Å². The molecule has 1 saturated carbocycles. The van der Waals surface area contributed by atoms with Gasteiger partial charge in [0, 0.05) is 41.6 Å². The Kier molecular flexibility index (Phi) is 10.9. The number of hydrogen-bond acceptors (Lipinski definition) is 7. The molecule has 9 heteroatoms. The Hall–Kier alpha value is -4.16. The van der Waals surface area contributed by atoms with E-state index in [4.69, 9.17) is 15.7 Å². The van der Waals surface area contributed by atoms with Gasteiger partial charge in [0.2, 0.25) is 5.82 Å². The minimum atomic E-state index is -1.13. The third kappa shape index (κ3) is 7.56. The molecule has 1 fully saturated rings. The van der Waals surface area contributed by atoms with Crippen molar-refractivity contribution in [2.75, 3.05) is 18.5 Å². The number of fused-ring (bicyclic) bond motifs is 1. The van der Waals surface area contributed by atoms with Crippen LogP contribution in [0.1, 0.15) is 86.2 Å². The molecule has 1 aliphatic carbocycles. The number of rotatable bonds is 11. The van der Waals surface area contributed by atoms with Crippen LogP contribution >= 0.6 is 0 Å². The molecule has 7 nitrogen and oxygen atoms in total. The highest BCUT2D eigenvalue weighted by atomic mass is 19.2. The van der Waals surface area contributed by atoms with E-state index in [9.17, 15) is 9.18 Å². The number of carbonyl (C=O) groups excluding carboxylic acids is 1. The molecular weight excluding hydrogens is 572 g/mol. The zero-order chi connectivity index (χ0) is 31.8. The number of benzene rings is 2.